The van der Waals surface area contributed by atoms with Gasteiger partial charge in [-0.05, 0) is 53.4 Å². The molecule has 5 rings (SSSR count). The lowest BCUT2D eigenvalue weighted by Gasteiger charge is -2.29. The molecule has 3 heterocycles. The van der Waals surface area contributed by atoms with E-state index in [1.807, 2.05) is 24.3 Å². The van der Waals surface area contributed by atoms with E-state index in [-0.39, 0.29) is 18.2 Å². The van der Waals surface area contributed by atoms with Crippen molar-refractivity contribution in [3.8, 4) is 5.75 Å². The number of nitrogens with zero attached hydrogens (tertiary/aromatic N) is 1. The van der Waals surface area contributed by atoms with Crippen molar-refractivity contribution in [3.05, 3.63) is 70.8 Å². The second-order valence-electron chi connectivity index (χ2n) is 8.05. The molecule has 2 N–H and O–H groups in total. The van der Waals surface area contributed by atoms with E-state index in [2.05, 4.69) is 11.9 Å². The molecule has 0 aromatic heterocycles. The van der Waals surface area contributed by atoms with E-state index in [1.165, 1.54) is 4.90 Å². The van der Waals surface area contributed by atoms with Crippen LogP contribution in [0.1, 0.15) is 45.5 Å². The molecule has 2 aromatic carbocycles. The summed E-state index contributed by atoms with van der Waals surface area (Å²) >= 11 is 0. The lowest BCUT2D eigenvalue weighted by molar-refractivity contribution is -0.136. The van der Waals surface area contributed by atoms with Gasteiger partial charge < -0.3 is 9.64 Å². The van der Waals surface area contributed by atoms with E-state index in [9.17, 15) is 14.4 Å². The first-order chi connectivity index (χ1) is 14.9. The van der Waals surface area contributed by atoms with Gasteiger partial charge in [-0.15, -0.1) is 0 Å². The van der Waals surface area contributed by atoms with E-state index < -0.39 is 11.9 Å². The van der Waals surface area contributed by atoms with Gasteiger partial charge >= 0.3 is 0 Å². The fourth-order valence-corrected chi connectivity index (χ4v) is 4.42. The van der Waals surface area contributed by atoms with Crippen molar-refractivity contribution in [1.82, 2.24) is 10.2 Å². The molecule has 7 nitrogen and oxygen atoms in total. The third-order valence-electron chi connectivity index (χ3n) is 6.15. The van der Waals surface area contributed by atoms with Crippen LogP contribution in [-0.2, 0) is 22.6 Å². The quantitative estimate of drug-likeness (QED) is 0.592. The van der Waals surface area contributed by atoms with E-state index in [0.29, 0.717) is 36.4 Å². The molecule has 0 saturated carbocycles. The Labute approximate surface area is 179 Å². The van der Waals surface area contributed by atoms with Crippen LogP contribution in [0.15, 0.2) is 43.0 Å². The van der Waals surface area contributed by atoms with E-state index in [4.69, 9.17) is 10.1 Å². The summed E-state index contributed by atoms with van der Waals surface area (Å²) in [4.78, 5) is 38.0. The number of amides is 3. The van der Waals surface area contributed by atoms with Crippen molar-refractivity contribution in [2.45, 2.75) is 31.8 Å². The summed E-state index contributed by atoms with van der Waals surface area (Å²) in [7, 11) is 0. The van der Waals surface area contributed by atoms with Crippen molar-refractivity contribution >= 4 is 29.0 Å². The first-order valence-corrected chi connectivity index (χ1v) is 10.2. The molecule has 0 bridgehead atoms. The second kappa shape index (κ2) is 7.19. The third kappa shape index (κ3) is 3.22. The predicted molar refractivity (Wildman–Crippen MR) is 114 cm³/mol. The molecule has 2 aromatic rings. The van der Waals surface area contributed by atoms with Crippen molar-refractivity contribution in [2.75, 3.05) is 6.61 Å². The number of allylic oxidation sites excluding steroid dienone is 1. The van der Waals surface area contributed by atoms with Gasteiger partial charge in [0, 0.05) is 36.1 Å². The van der Waals surface area contributed by atoms with Gasteiger partial charge in [0.25, 0.3) is 5.91 Å². The first-order valence-electron chi connectivity index (χ1n) is 10.2. The van der Waals surface area contributed by atoms with Crippen LogP contribution in [0.25, 0.3) is 5.57 Å². The molecule has 0 spiro atoms. The minimum absolute atomic E-state index is 0.213. The van der Waals surface area contributed by atoms with E-state index >= 15 is 0 Å². The number of rotatable bonds is 4. The van der Waals surface area contributed by atoms with Crippen LogP contribution >= 0.6 is 0 Å². The Hall–Kier alpha value is -3.74. The Kier molecular flexibility index (Phi) is 4.46. The van der Waals surface area contributed by atoms with Crippen molar-refractivity contribution in [2.24, 2.45) is 0 Å². The molecule has 0 aliphatic carbocycles. The van der Waals surface area contributed by atoms with Crippen LogP contribution in [0.2, 0.25) is 0 Å². The van der Waals surface area contributed by atoms with Crippen molar-refractivity contribution < 1.29 is 19.1 Å². The molecule has 0 radical (unpaired) electrons. The highest BCUT2D eigenvalue weighted by Crippen LogP contribution is 2.31. The van der Waals surface area contributed by atoms with Gasteiger partial charge in [-0.2, -0.15) is 0 Å². The molecule has 7 heteroatoms. The number of hydrogen-bond donors (Lipinski definition) is 2. The minimum Gasteiger partial charge on any atom is -0.493 e. The van der Waals surface area contributed by atoms with Gasteiger partial charge in [0.1, 0.15) is 11.8 Å². The number of nitrogens with one attached hydrogen (secondary N) is 2. The van der Waals surface area contributed by atoms with Crippen LogP contribution in [0.3, 0.4) is 0 Å². The lowest BCUT2D eigenvalue weighted by atomic mass is 9.94. The Morgan fingerprint density at radius 1 is 1.06 bits per heavy atom. The van der Waals surface area contributed by atoms with Crippen LogP contribution in [-0.4, -0.2) is 41.0 Å². The van der Waals surface area contributed by atoms with Crippen LogP contribution in [0, 0.1) is 5.41 Å². The number of fused-ring (bicyclic) bond motifs is 2. The van der Waals surface area contributed by atoms with Gasteiger partial charge in [-0.1, -0.05) is 12.6 Å². The van der Waals surface area contributed by atoms with Gasteiger partial charge in [0.15, 0.2) is 0 Å². The summed E-state index contributed by atoms with van der Waals surface area (Å²) in [5.74, 6) is -0.0767. The van der Waals surface area contributed by atoms with Gasteiger partial charge in [-0.25, -0.2) is 0 Å². The summed E-state index contributed by atoms with van der Waals surface area (Å²) in [5, 5.41) is 10.9. The standard InChI is InChI=1S/C24H21N3O4/c1-13(22(25)16-3-6-20-15(11-16)8-9-31-20)14-2-4-18-17(10-14)12-27(24(18)30)19-5-7-21(28)26-23(19)29/h2-4,6,10-11,19,25H,1,5,7-9,12H2,(H,26,28,29). The molecular weight excluding hydrogens is 394 g/mol. The number of hydrogen-bond acceptors (Lipinski definition) is 5. The Bertz CT molecular complexity index is 1180. The first kappa shape index (κ1) is 19.2. The monoisotopic (exact) mass is 415 g/mol. The summed E-state index contributed by atoms with van der Waals surface area (Å²) in [6.45, 7) is 5.07. The fraction of sp³-hybridized carbons (Fsp3) is 0.250. The zero-order chi connectivity index (χ0) is 21.7. The Morgan fingerprint density at radius 2 is 1.84 bits per heavy atom. The summed E-state index contributed by atoms with van der Waals surface area (Å²) in [5.41, 5.74) is 4.85. The molecule has 3 aliphatic heterocycles. The molecule has 156 valence electrons. The predicted octanol–water partition coefficient (Wildman–Crippen LogP) is 2.46. The molecule has 1 saturated heterocycles. The molecule has 3 aliphatic rings. The highest BCUT2D eigenvalue weighted by Gasteiger charge is 2.39. The maximum absolute atomic E-state index is 12.9. The summed E-state index contributed by atoms with van der Waals surface area (Å²) in [6.07, 6.45) is 1.39. The smallest absolute Gasteiger partial charge is 0.255 e. The van der Waals surface area contributed by atoms with E-state index in [0.717, 1.165) is 34.4 Å². The topological polar surface area (TPSA) is 99.6 Å². The van der Waals surface area contributed by atoms with E-state index in [1.54, 1.807) is 12.1 Å². The Morgan fingerprint density at radius 3 is 2.65 bits per heavy atom. The summed E-state index contributed by atoms with van der Waals surface area (Å²) in [6, 6.07) is 10.5. The van der Waals surface area contributed by atoms with Crippen LogP contribution in [0.4, 0.5) is 0 Å². The maximum Gasteiger partial charge on any atom is 0.255 e. The molecular formula is C24H21N3O4. The number of ether oxygens (including phenoxy) is 1. The minimum atomic E-state index is -0.642. The highest BCUT2D eigenvalue weighted by molar-refractivity contribution is 6.30. The highest BCUT2D eigenvalue weighted by atomic mass is 16.5. The zero-order valence-electron chi connectivity index (χ0n) is 16.9. The van der Waals surface area contributed by atoms with Gasteiger partial charge in [-0.3, -0.25) is 25.1 Å². The number of carbonyl (C=O) groups excluding carboxylic acids is 3. The lowest BCUT2D eigenvalue weighted by Crippen LogP contribution is -2.52. The second-order valence-corrected chi connectivity index (χ2v) is 8.05. The average Bonchev–Trinajstić information content (AvgIpc) is 3.36. The Balaban J connectivity index is 1.37. The largest absolute Gasteiger partial charge is 0.493 e. The van der Waals surface area contributed by atoms with Crippen LogP contribution in [0.5, 0.6) is 5.75 Å². The molecule has 31 heavy (non-hydrogen) atoms. The fourth-order valence-electron chi connectivity index (χ4n) is 4.42. The maximum atomic E-state index is 12.9. The normalized spacial score (nSPS) is 19.5. The van der Waals surface area contributed by atoms with Crippen molar-refractivity contribution in [3.63, 3.8) is 0 Å². The number of carbonyl (C=O) groups is 3. The molecule has 1 atom stereocenters. The zero-order valence-corrected chi connectivity index (χ0v) is 16.9. The number of benzene rings is 2. The molecule has 3 amide bonds. The average molecular weight is 415 g/mol. The number of imide groups is 1. The summed E-state index contributed by atoms with van der Waals surface area (Å²) < 4.78 is 5.54. The molecule has 1 fully saturated rings. The van der Waals surface area contributed by atoms with Gasteiger partial charge in [0.2, 0.25) is 11.8 Å². The molecule has 1 unspecified atom stereocenters. The third-order valence-corrected chi connectivity index (χ3v) is 6.15. The van der Waals surface area contributed by atoms with Crippen LogP contribution < -0.4 is 10.1 Å². The van der Waals surface area contributed by atoms with Crippen molar-refractivity contribution in [1.29, 1.82) is 5.41 Å². The SMILES string of the molecule is C=C(C(=N)c1ccc2c(c1)CCO2)c1ccc2c(c1)CN(C1CCC(=O)NC1=O)C2=O. The van der Waals surface area contributed by atoms with Gasteiger partial charge in [0.05, 0.1) is 12.3 Å². The number of piperidine rings is 1.